The number of aromatic nitrogens is 1. The number of benzene rings is 2. The van der Waals surface area contributed by atoms with Gasteiger partial charge in [0.25, 0.3) is 0 Å². The molecule has 2 aromatic carbocycles. The van der Waals surface area contributed by atoms with Crippen LogP contribution in [-0.2, 0) is 7.05 Å². The van der Waals surface area contributed by atoms with E-state index in [1.54, 1.807) is 0 Å². The molecule has 16 heavy (non-hydrogen) atoms. The van der Waals surface area contributed by atoms with E-state index >= 15 is 0 Å². The highest BCUT2D eigenvalue weighted by atomic mass is 14.9. The normalized spacial score (nSPS) is 11.4. The lowest BCUT2D eigenvalue weighted by atomic mass is 10.1. The smallest absolute Gasteiger partial charge is 0.0491 e. The Morgan fingerprint density at radius 1 is 0.938 bits per heavy atom. The molecule has 1 heterocycles. The van der Waals surface area contributed by atoms with Gasteiger partial charge in [-0.1, -0.05) is 24.3 Å². The van der Waals surface area contributed by atoms with E-state index < -0.39 is 0 Å². The predicted molar refractivity (Wildman–Crippen MR) is 69.9 cm³/mol. The quantitative estimate of drug-likeness (QED) is 0.528. The fourth-order valence-corrected chi connectivity index (χ4v) is 2.54. The molecule has 3 aromatic rings. The summed E-state index contributed by atoms with van der Waals surface area (Å²) in [5, 5.41) is 2.75. The number of nitrogens with zero attached hydrogens (tertiary/aromatic N) is 1. The van der Waals surface area contributed by atoms with Gasteiger partial charge in [0.2, 0.25) is 0 Å². The molecule has 0 aliphatic rings. The van der Waals surface area contributed by atoms with Crippen LogP contribution in [0.15, 0.2) is 36.4 Å². The maximum Gasteiger partial charge on any atom is 0.0491 e. The zero-order valence-electron chi connectivity index (χ0n) is 9.91. The molecule has 1 nitrogen and oxygen atoms in total. The van der Waals surface area contributed by atoms with Crippen molar-refractivity contribution in [2.45, 2.75) is 13.8 Å². The molecule has 1 heteroatoms. The van der Waals surface area contributed by atoms with Crippen molar-refractivity contribution in [3.63, 3.8) is 0 Å². The number of fused-ring (bicyclic) bond motifs is 3. The highest BCUT2D eigenvalue weighted by molar-refractivity contribution is 6.09. The summed E-state index contributed by atoms with van der Waals surface area (Å²) in [6, 6.07) is 13.2. The molecule has 0 N–H and O–H groups in total. The van der Waals surface area contributed by atoms with Crippen LogP contribution in [0.4, 0.5) is 0 Å². The Balaban J connectivity index is 2.65. The van der Waals surface area contributed by atoms with Crippen molar-refractivity contribution in [3.8, 4) is 0 Å². The van der Waals surface area contributed by atoms with Gasteiger partial charge in [0.1, 0.15) is 0 Å². The average Bonchev–Trinajstić information content (AvgIpc) is 2.55. The van der Waals surface area contributed by atoms with E-state index in [0.717, 1.165) is 0 Å². The van der Waals surface area contributed by atoms with Crippen LogP contribution in [0.25, 0.3) is 21.8 Å². The minimum Gasteiger partial charge on any atom is -0.344 e. The van der Waals surface area contributed by atoms with E-state index in [0.29, 0.717) is 0 Å². The molecule has 0 aliphatic carbocycles. The van der Waals surface area contributed by atoms with Crippen LogP contribution in [0.5, 0.6) is 0 Å². The first-order valence-electron chi connectivity index (χ1n) is 5.63. The molecule has 0 saturated carbocycles. The maximum atomic E-state index is 2.28. The van der Waals surface area contributed by atoms with Crippen LogP contribution in [0.3, 0.4) is 0 Å². The highest BCUT2D eigenvalue weighted by Crippen LogP contribution is 2.30. The largest absolute Gasteiger partial charge is 0.344 e. The monoisotopic (exact) mass is 209 g/mol. The van der Waals surface area contributed by atoms with Crippen LogP contribution in [0, 0.1) is 13.8 Å². The Hall–Kier alpha value is -1.76. The molecule has 0 unspecified atom stereocenters. The van der Waals surface area contributed by atoms with Crippen LogP contribution >= 0.6 is 0 Å². The van der Waals surface area contributed by atoms with Gasteiger partial charge in [-0.25, -0.2) is 0 Å². The van der Waals surface area contributed by atoms with Gasteiger partial charge in [-0.05, 0) is 37.1 Å². The second-order valence-corrected chi connectivity index (χ2v) is 4.55. The second kappa shape index (κ2) is 3.11. The fraction of sp³-hybridized carbons (Fsp3) is 0.200. The van der Waals surface area contributed by atoms with Crippen LogP contribution in [-0.4, -0.2) is 4.57 Å². The van der Waals surface area contributed by atoms with Crippen molar-refractivity contribution in [2.24, 2.45) is 7.05 Å². The standard InChI is InChI=1S/C15H15N/c1-10-7-8-12-14(9-10)16(3)13-6-4-5-11(2)15(12)13/h4-9H,1-3H3. The van der Waals surface area contributed by atoms with E-state index in [-0.39, 0.29) is 0 Å². The van der Waals surface area contributed by atoms with Crippen molar-refractivity contribution >= 4 is 21.8 Å². The molecule has 1 aromatic heterocycles. The molecule has 0 atom stereocenters. The van der Waals surface area contributed by atoms with Gasteiger partial charge in [-0.2, -0.15) is 0 Å². The molecule has 0 radical (unpaired) electrons. The molecule has 0 aliphatic heterocycles. The van der Waals surface area contributed by atoms with Crippen molar-refractivity contribution in [1.29, 1.82) is 0 Å². The van der Waals surface area contributed by atoms with Gasteiger partial charge in [-0.3, -0.25) is 0 Å². The first-order chi connectivity index (χ1) is 7.68. The van der Waals surface area contributed by atoms with Gasteiger partial charge in [0.05, 0.1) is 0 Å². The summed E-state index contributed by atoms with van der Waals surface area (Å²) in [4.78, 5) is 0. The van der Waals surface area contributed by atoms with E-state index in [1.807, 2.05) is 0 Å². The topological polar surface area (TPSA) is 4.93 Å². The van der Waals surface area contributed by atoms with E-state index in [9.17, 15) is 0 Å². The molecule has 3 rings (SSSR count). The maximum absolute atomic E-state index is 2.28. The molecular formula is C15H15N. The predicted octanol–water partition coefficient (Wildman–Crippen LogP) is 3.95. The molecule has 0 spiro atoms. The fourth-order valence-electron chi connectivity index (χ4n) is 2.54. The Labute approximate surface area is 95.3 Å². The first kappa shape index (κ1) is 9.46. The summed E-state index contributed by atoms with van der Waals surface area (Å²) in [5.74, 6) is 0. The summed E-state index contributed by atoms with van der Waals surface area (Å²) in [5.41, 5.74) is 5.31. The summed E-state index contributed by atoms with van der Waals surface area (Å²) in [6.45, 7) is 4.32. The molecule has 0 saturated heterocycles. The number of hydrogen-bond donors (Lipinski definition) is 0. The molecule has 0 bridgehead atoms. The minimum atomic E-state index is 1.32. The van der Waals surface area contributed by atoms with Crippen molar-refractivity contribution in [3.05, 3.63) is 47.5 Å². The Bertz CT molecular complexity index is 689. The lowest BCUT2D eigenvalue weighted by Crippen LogP contribution is -1.86. The summed E-state index contributed by atoms with van der Waals surface area (Å²) >= 11 is 0. The number of hydrogen-bond acceptors (Lipinski definition) is 0. The van der Waals surface area contributed by atoms with Gasteiger partial charge >= 0.3 is 0 Å². The van der Waals surface area contributed by atoms with Gasteiger partial charge in [-0.15, -0.1) is 0 Å². The summed E-state index contributed by atoms with van der Waals surface area (Å²) in [6.07, 6.45) is 0. The lowest BCUT2D eigenvalue weighted by Gasteiger charge is -1.98. The third kappa shape index (κ3) is 1.12. The van der Waals surface area contributed by atoms with E-state index in [1.165, 1.54) is 32.9 Å². The van der Waals surface area contributed by atoms with Crippen LogP contribution < -0.4 is 0 Å². The van der Waals surface area contributed by atoms with Gasteiger partial charge < -0.3 is 4.57 Å². The summed E-state index contributed by atoms with van der Waals surface area (Å²) in [7, 11) is 2.14. The molecule has 80 valence electrons. The van der Waals surface area contributed by atoms with Crippen molar-refractivity contribution in [2.75, 3.05) is 0 Å². The zero-order chi connectivity index (χ0) is 11.3. The Kier molecular flexibility index (Phi) is 1.84. The number of rotatable bonds is 0. The van der Waals surface area contributed by atoms with E-state index in [2.05, 4.69) is 61.9 Å². The average molecular weight is 209 g/mol. The lowest BCUT2D eigenvalue weighted by molar-refractivity contribution is 1.01. The molecular weight excluding hydrogens is 194 g/mol. The molecule has 0 fully saturated rings. The van der Waals surface area contributed by atoms with Crippen molar-refractivity contribution in [1.82, 2.24) is 4.57 Å². The second-order valence-electron chi connectivity index (χ2n) is 4.55. The van der Waals surface area contributed by atoms with E-state index in [4.69, 9.17) is 0 Å². The third-order valence-electron chi connectivity index (χ3n) is 3.40. The Morgan fingerprint density at radius 3 is 2.56 bits per heavy atom. The van der Waals surface area contributed by atoms with Gasteiger partial charge in [0.15, 0.2) is 0 Å². The first-order valence-corrected chi connectivity index (χ1v) is 5.63. The third-order valence-corrected chi connectivity index (χ3v) is 3.40. The van der Waals surface area contributed by atoms with Crippen LogP contribution in [0.2, 0.25) is 0 Å². The summed E-state index contributed by atoms with van der Waals surface area (Å²) < 4.78 is 2.28. The van der Waals surface area contributed by atoms with Crippen LogP contribution in [0.1, 0.15) is 11.1 Å². The molecule has 0 amide bonds. The minimum absolute atomic E-state index is 1.32. The van der Waals surface area contributed by atoms with Gasteiger partial charge in [0, 0.05) is 28.9 Å². The zero-order valence-corrected chi connectivity index (χ0v) is 9.91. The van der Waals surface area contributed by atoms with Crippen molar-refractivity contribution < 1.29 is 0 Å². The SMILES string of the molecule is Cc1ccc2c3c(C)cccc3n(C)c2c1. The Morgan fingerprint density at radius 2 is 1.75 bits per heavy atom. The highest BCUT2D eigenvalue weighted by Gasteiger charge is 2.09. The number of aryl methyl sites for hydroxylation is 3.